The van der Waals surface area contributed by atoms with Crippen LogP contribution in [-0.4, -0.2) is 26.2 Å². The van der Waals surface area contributed by atoms with Crippen molar-refractivity contribution in [1.29, 1.82) is 0 Å². The first-order valence-corrected chi connectivity index (χ1v) is 8.12. The first-order chi connectivity index (χ1) is 7.79. The molecule has 0 atom stereocenters. The fourth-order valence-electron chi connectivity index (χ4n) is 1.57. The number of aryl methyl sites for hydroxylation is 1. The maximum atomic E-state index is 11.9. The van der Waals surface area contributed by atoms with Crippen LogP contribution in [0.5, 0.6) is 0 Å². The van der Waals surface area contributed by atoms with Gasteiger partial charge in [-0.3, -0.25) is 4.79 Å². The van der Waals surface area contributed by atoms with Gasteiger partial charge in [-0.15, -0.1) is 0 Å². The Balaban J connectivity index is 2.65. The van der Waals surface area contributed by atoms with E-state index in [9.17, 15) is 13.2 Å². The second-order valence-electron chi connectivity index (χ2n) is 4.12. The molecule has 0 aliphatic carbocycles. The van der Waals surface area contributed by atoms with Crippen molar-refractivity contribution >= 4 is 31.6 Å². The monoisotopic (exact) mass is 318 g/mol. The van der Waals surface area contributed by atoms with Crippen LogP contribution in [-0.2, 0) is 9.84 Å². The lowest BCUT2D eigenvalue weighted by molar-refractivity contribution is 0.0981. The molecule has 0 aliphatic heterocycles. The molecule has 17 heavy (non-hydrogen) atoms. The third kappa shape index (κ3) is 5.00. The highest BCUT2D eigenvalue weighted by Gasteiger charge is 2.10. The maximum absolute atomic E-state index is 11.9. The van der Waals surface area contributed by atoms with Crippen LogP contribution in [0, 0.1) is 6.92 Å². The maximum Gasteiger partial charge on any atom is 0.163 e. The molecule has 94 valence electrons. The van der Waals surface area contributed by atoms with Gasteiger partial charge in [-0.05, 0) is 31.0 Å². The number of halogens is 1. The van der Waals surface area contributed by atoms with Crippen molar-refractivity contribution in [3.05, 3.63) is 33.8 Å². The molecule has 0 saturated heterocycles. The molecule has 0 aromatic heterocycles. The van der Waals surface area contributed by atoms with Crippen LogP contribution in [0.25, 0.3) is 0 Å². The van der Waals surface area contributed by atoms with Crippen LogP contribution in [0.3, 0.4) is 0 Å². The van der Waals surface area contributed by atoms with Gasteiger partial charge >= 0.3 is 0 Å². The highest BCUT2D eigenvalue weighted by Crippen LogP contribution is 2.17. The van der Waals surface area contributed by atoms with Gasteiger partial charge in [-0.1, -0.05) is 22.0 Å². The van der Waals surface area contributed by atoms with Gasteiger partial charge in [0.25, 0.3) is 0 Å². The summed E-state index contributed by atoms with van der Waals surface area (Å²) in [6, 6.07) is 5.46. The molecule has 1 aromatic carbocycles. The van der Waals surface area contributed by atoms with E-state index in [2.05, 4.69) is 15.9 Å². The van der Waals surface area contributed by atoms with E-state index in [1.165, 1.54) is 6.26 Å². The zero-order chi connectivity index (χ0) is 13.1. The fourth-order valence-corrected chi connectivity index (χ4v) is 2.71. The molecule has 0 saturated carbocycles. The standard InChI is InChI=1S/C12H15BrO3S/c1-9-8-10(13)5-6-11(9)12(14)4-3-7-17(2,15)16/h5-6,8H,3-4,7H2,1-2H3. The van der Waals surface area contributed by atoms with Crippen molar-refractivity contribution in [1.82, 2.24) is 0 Å². The lowest BCUT2D eigenvalue weighted by Gasteiger charge is -2.05. The van der Waals surface area contributed by atoms with E-state index >= 15 is 0 Å². The Morgan fingerprint density at radius 2 is 2.00 bits per heavy atom. The van der Waals surface area contributed by atoms with E-state index in [0.717, 1.165) is 10.0 Å². The van der Waals surface area contributed by atoms with Crippen LogP contribution in [0.4, 0.5) is 0 Å². The summed E-state index contributed by atoms with van der Waals surface area (Å²) in [5.41, 5.74) is 1.57. The molecule has 5 heteroatoms. The predicted octanol–water partition coefficient (Wildman–Crippen LogP) is 2.77. The number of Topliss-reactive ketones (excluding diaryl/α,β-unsaturated/α-hetero) is 1. The fraction of sp³-hybridized carbons (Fsp3) is 0.417. The molecule has 0 bridgehead atoms. The summed E-state index contributed by atoms with van der Waals surface area (Å²) in [6.45, 7) is 1.87. The average molecular weight is 319 g/mol. The average Bonchev–Trinajstić information content (AvgIpc) is 2.15. The number of hydrogen-bond acceptors (Lipinski definition) is 3. The Morgan fingerprint density at radius 3 is 2.53 bits per heavy atom. The van der Waals surface area contributed by atoms with Gasteiger partial charge in [0, 0.05) is 22.7 Å². The SMILES string of the molecule is Cc1cc(Br)ccc1C(=O)CCCS(C)(=O)=O. The molecule has 0 aliphatic rings. The molecule has 0 N–H and O–H groups in total. The summed E-state index contributed by atoms with van der Waals surface area (Å²) in [6.07, 6.45) is 1.84. The first kappa shape index (κ1) is 14.4. The van der Waals surface area contributed by atoms with Crippen LogP contribution >= 0.6 is 15.9 Å². The number of ketones is 1. The number of carbonyl (C=O) groups excluding carboxylic acids is 1. The van der Waals surface area contributed by atoms with Gasteiger partial charge < -0.3 is 0 Å². The van der Waals surface area contributed by atoms with Gasteiger partial charge in [0.15, 0.2) is 5.78 Å². The third-order valence-corrected chi connectivity index (χ3v) is 3.93. The Kier molecular flexibility index (Phi) is 4.89. The largest absolute Gasteiger partial charge is 0.294 e. The quantitative estimate of drug-likeness (QED) is 0.784. The van der Waals surface area contributed by atoms with Crippen molar-refractivity contribution < 1.29 is 13.2 Å². The summed E-state index contributed by atoms with van der Waals surface area (Å²) >= 11 is 3.33. The number of benzene rings is 1. The second kappa shape index (κ2) is 5.78. The minimum absolute atomic E-state index is 0.00125. The zero-order valence-electron chi connectivity index (χ0n) is 9.86. The van der Waals surface area contributed by atoms with Crippen LogP contribution < -0.4 is 0 Å². The first-order valence-electron chi connectivity index (χ1n) is 5.26. The number of sulfone groups is 1. The summed E-state index contributed by atoms with van der Waals surface area (Å²) in [7, 11) is -2.98. The van der Waals surface area contributed by atoms with Crippen molar-refractivity contribution in [3.8, 4) is 0 Å². The van der Waals surface area contributed by atoms with Crippen molar-refractivity contribution in [2.45, 2.75) is 19.8 Å². The summed E-state index contributed by atoms with van der Waals surface area (Å²) in [4.78, 5) is 11.9. The third-order valence-electron chi connectivity index (χ3n) is 2.41. The van der Waals surface area contributed by atoms with E-state index in [0.29, 0.717) is 12.0 Å². The lowest BCUT2D eigenvalue weighted by atomic mass is 10.0. The van der Waals surface area contributed by atoms with E-state index in [4.69, 9.17) is 0 Å². The van der Waals surface area contributed by atoms with E-state index < -0.39 is 9.84 Å². The molecule has 3 nitrogen and oxygen atoms in total. The molecule has 0 heterocycles. The molecule has 1 rings (SSSR count). The highest BCUT2D eigenvalue weighted by atomic mass is 79.9. The molecule has 1 aromatic rings. The highest BCUT2D eigenvalue weighted by molar-refractivity contribution is 9.10. The summed E-state index contributed by atoms with van der Waals surface area (Å²) in [5, 5.41) is 0. The summed E-state index contributed by atoms with van der Waals surface area (Å²) < 4.78 is 22.8. The second-order valence-corrected chi connectivity index (χ2v) is 7.29. The molecule has 0 radical (unpaired) electrons. The zero-order valence-corrected chi connectivity index (χ0v) is 12.3. The molecular weight excluding hydrogens is 304 g/mol. The Morgan fingerprint density at radius 1 is 1.35 bits per heavy atom. The van der Waals surface area contributed by atoms with Gasteiger partial charge in [0.05, 0.1) is 5.75 Å². The van der Waals surface area contributed by atoms with Gasteiger partial charge in [0.2, 0.25) is 0 Å². The number of hydrogen-bond donors (Lipinski definition) is 0. The molecule has 0 amide bonds. The van der Waals surface area contributed by atoms with Gasteiger partial charge in [-0.2, -0.15) is 0 Å². The minimum atomic E-state index is -2.98. The van der Waals surface area contributed by atoms with Crippen LogP contribution in [0.2, 0.25) is 0 Å². The Labute approximate surface area is 110 Å². The molecule has 0 fully saturated rings. The van der Waals surface area contributed by atoms with E-state index in [1.807, 2.05) is 19.1 Å². The Hall–Kier alpha value is -0.680. The normalized spacial score (nSPS) is 11.5. The molecule has 0 unspecified atom stereocenters. The number of rotatable bonds is 5. The summed E-state index contributed by atoms with van der Waals surface area (Å²) in [5.74, 6) is 0.0626. The predicted molar refractivity (Wildman–Crippen MR) is 72.2 cm³/mol. The lowest BCUT2D eigenvalue weighted by Crippen LogP contribution is -2.07. The smallest absolute Gasteiger partial charge is 0.163 e. The van der Waals surface area contributed by atoms with Crippen LogP contribution in [0.1, 0.15) is 28.8 Å². The number of carbonyl (C=O) groups is 1. The topological polar surface area (TPSA) is 51.2 Å². The Bertz CT molecular complexity index is 521. The molecular formula is C12H15BrO3S. The van der Waals surface area contributed by atoms with E-state index in [1.54, 1.807) is 6.07 Å². The van der Waals surface area contributed by atoms with Gasteiger partial charge in [-0.25, -0.2) is 8.42 Å². The van der Waals surface area contributed by atoms with Gasteiger partial charge in [0.1, 0.15) is 9.84 Å². The minimum Gasteiger partial charge on any atom is -0.294 e. The molecule has 0 spiro atoms. The van der Waals surface area contributed by atoms with Crippen LogP contribution in [0.15, 0.2) is 22.7 Å². The van der Waals surface area contributed by atoms with Crippen molar-refractivity contribution in [2.24, 2.45) is 0 Å². The van der Waals surface area contributed by atoms with E-state index in [-0.39, 0.29) is 18.0 Å². The van der Waals surface area contributed by atoms with Crippen molar-refractivity contribution in [3.63, 3.8) is 0 Å². The van der Waals surface area contributed by atoms with Crippen molar-refractivity contribution in [2.75, 3.05) is 12.0 Å².